The maximum atomic E-state index is 11.4. The highest BCUT2D eigenvalue weighted by atomic mass is 28.4. The van der Waals surface area contributed by atoms with Crippen molar-refractivity contribution in [3.63, 3.8) is 0 Å². The van der Waals surface area contributed by atoms with E-state index in [0.717, 1.165) is 5.56 Å². The number of ether oxygens (including phenoxy) is 1. The number of benzene rings is 1. The fourth-order valence-electron chi connectivity index (χ4n) is 1.15. The van der Waals surface area contributed by atoms with E-state index in [1.807, 2.05) is 25.7 Å². The van der Waals surface area contributed by atoms with Crippen molar-refractivity contribution in [1.29, 1.82) is 0 Å². The first-order valence-corrected chi connectivity index (χ1v) is 9.11. The molecule has 0 radical (unpaired) electrons. The quantitative estimate of drug-likeness (QED) is 0.607. The van der Waals surface area contributed by atoms with Gasteiger partial charge in [-0.25, -0.2) is 9.59 Å². The zero-order chi connectivity index (χ0) is 14.5. The van der Waals surface area contributed by atoms with Crippen molar-refractivity contribution in [3.8, 4) is 5.75 Å². The summed E-state index contributed by atoms with van der Waals surface area (Å²) < 4.78 is 9.92. The van der Waals surface area contributed by atoms with Gasteiger partial charge in [-0.2, -0.15) is 0 Å². The summed E-state index contributed by atoms with van der Waals surface area (Å²) >= 11 is 0. The van der Waals surface area contributed by atoms with Crippen LogP contribution in [0.25, 0.3) is 0 Å². The van der Waals surface area contributed by atoms with E-state index in [0.29, 0.717) is 5.75 Å². The van der Waals surface area contributed by atoms with Gasteiger partial charge in [-0.15, -0.1) is 0 Å². The Balaban J connectivity index is 2.57. The zero-order valence-electron chi connectivity index (χ0n) is 11.3. The molecule has 1 aromatic rings. The van der Waals surface area contributed by atoms with Gasteiger partial charge >= 0.3 is 12.2 Å². The first kappa shape index (κ1) is 15.0. The van der Waals surface area contributed by atoms with E-state index in [2.05, 4.69) is 10.2 Å². The van der Waals surface area contributed by atoms with Crippen LogP contribution < -0.4 is 4.74 Å². The third-order valence-electron chi connectivity index (χ3n) is 1.90. The molecule has 7 heteroatoms. The van der Waals surface area contributed by atoms with Gasteiger partial charge in [0.25, 0.3) is 0 Å². The number of hydrogen-bond donors (Lipinski definition) is 0. The third kappa shape index (κ3) is 5.91. The Bertz CT molecular complexity index is 509. The number of carbonyl (C=O) groups is 2. The van der Waals surface area contributed by atoms with Crippen LogP contribution in [0.5, 0.6) is 5.75 Å². The van der Waals surface area contributed by atoms with Crippen LogP contribution in [0.1, 0.15) is 5.56 Å². The van der Waals surface area contributed by atoms with Crippen molar-refractivity contribution < 1.29 is 18.8 Å². The Hall–Kier alpha value is -2.02. The Morgan fingerprint density at radius 2 is 1.63 bits per heavy atom. The zero-order valence-corrected chi connectivity index (χ0v) is 12.3. The molecule has 0 unspecified atom stereocenters. The van der Waals surface area contributed by atoms with Crippen molar-refractivity contribution in [2.24, 2.45) is 10.2 Å². The normalized spacial score (nSPS) is 11.4. The number of rotatable bonds is 2. The summed E-state index contributed by atoms with van der Waals surface area (Å²) in [6.07, 6.45) is -1.83. The molecule has 0 fully saturated rings. The van der Waals surface area contributed by atoms with Crippen LogP contribution in [0.15, 0.2) is 34.5 Å². The van der Waals surface area contributed by atoms with Crippen LogP contribution in [0.4, 0.5) is 9.59 Å². The lowest BCUT2D eigenvalue weighted by molar-refractivity contribution is 0.199. The predicted molar refractivity (Wildman–Crippen MR) is 71.9 cm³/mol. The maximum absolute atomic E-state index is 11.4. The molecule has 0 spiro atoms. The lowest BCUT2D eigenvalue weighted by Gasteiger charge is -2.13. The minimum atomic E-state index is -2.03. The molecular weight excluding hydrogens is 264 g/mol. The molecule has 0 heterocycles. The molecule has 0 N–H and O–H groups in total. The molecule has 0 saturated heterocycles. The van der Waals surface area contributed by atoms with Gasteiger partial charge in [0.15, 0.2) is 0 Å². The highest BCUT2D eigenvalue weighted by Crippen LogP contribution is 2.16. The van der Waals surface area contributed by atoms with Crippen molar-refractivity contribution in [1.82, 2.24) is 0 Å². The Morgan fingerprint density at radius 1 is 1.05 bits per heavy atom. The molecule has 0 saturated carbocycles. The van der Waals surface area contributed by atoms with Gasteiger partial charge in [-0.3, -0.25) is 0 Å². The second-order valence-corrected chi connectivity index (χ2v) is 9.24. The smallest absolute Gasteiger partial charge is 0.458 e. The second-order valence-electron chi connectivity index (χ2n) is 4.81. The van der Waals surface area contributed by atoms with E-state index < -0.39 is 20.5 Å². The van der Waals surface area contributed by atoms with Gasteiger partial charge in [0.2, 0.25) is 8.32 Å². The van der Waals surface area contributed by atoms with Gasteiger partial charge in [-0.05, 0) is 38.2 Å². The highest BCUT2D eigenvalue weighted by Gasteiger charge is 2.20. The molecule has 6 nitrogen and oxygen atoms in total. The second kappa shape index (κ2) is 6.23. The van der Waals surface area contributed by atoms with Crippen molar-refractivity contribution >= 4 is 20.5 Å². The molecule has 0 bridgehead atoms. The number of carbonyl (C=O) groups excluding carboxylic acids is 2. The summed E-state index contributed by atoms with van der Waals surface area (Å²) in [7, 11) is -2.03. The number of aryl methyl sites for hydroxylation is 1. The minimum Gasteiger partial charge on any atom is -0.502 e. The molecule has 2 amide bonds. The van der Waals surface area contributed by atoms with Gasteiger partial charge in [-0.1, -0.05) is 28.4 Å². The highest BCUT2D eigenvalue weighted by molar-refractivity contribution is 6.71. The fraction of sp³-hybridized carbons (Fsp3) is 0.333. The Kier molecular flexibility index (Phi) is 4.93. The van der Waals surface area contributed by atoms with E-state index in [9.17, 15) is 9.59 Å². The van der Waals surface area contributed by atoms with Crippen LogP contribution in [0.2, 0.25) is 19.6 Å². The van der Waals surface area contributed by atoms with Gasteiger partial charge < -0.3 is 9.16 Å². The molecule has 102 valence electrons. The molecule has 0 aliphatic rings. The summed E-state index contributed by atoms with van der Waals surface area (Å²) in [6, 6.07) is 6.97. The third-order valence-corrected chi connectivity index (χ3v) is 2.68. The predicted octanol–water partition coefficient (Wildman–Crippen LogP) is 3.92. The number of nitrogens with zero attached hydrogens (tertiary/aromatic N) is 2. The van der Waals surface area contributed by atoms with Gasteiger partial charge in [0.1, 0.15) is 5.75 Å². The largest absolute Gasteiger partial charge is 0.502 e. The first-order valence-electron chi connectivity index (χ1n) is 5.70. The van der Waals surface area contributed by atoms with Crippen LogP contribution in [-0.2, 0) is 4.43 Å². The molecule has 0 aliphatic carbocycles. The lowest BCUT2D eigenvalue weighted by Crippen LogP contribution is -2.27. The van der Waals surface area contributed by atoms with E-state index in [1.54, 1.807) is 25.1 Å². The molecular formula is C12H16N2O4Si. The lowest BCUT2D eigenvalue weighted by atomic mass is 10.2. The summed E-state index contributed by atoms with van der Waals surface area (Å²) in [5.41, 5.74) is 0.788. The molecule has 0 aliphatic heterocycles. The number of para-hydroxylation sites is 1. The van der Waals surface area contributed by atoms with Gasteiger partial charge in [0, 0.05) is 0 Å². The molecule has 19 heavy (non-hydrogen) atoms. The van der Waals surface area contributed by atoms with E-state index in [4.69, 9.17) is 9.16 Å². The maximum Gasteiger partial charge on any atom is 0.458 e. The fourth-order valence-corrected chi connectivity index (χ4v) is 1.71. The molecule has 0 aromatic heterocycles. The summed E-state index contributed by atoms with van der Waals surface area (Å²) in [5, 5.41) is 6.32. The van der Waals surface area contributed by atoms with Crippen molar-refractivity contribution in [2.75, 3.05) is 0 Å². The Labute approximate surface area is 112 Å². The topological polar surface area (TPSA) is 77.3 Å². The SMILES string of the molecule is Cc1ccccc1OC(=O)N=NC(=O)O[Si](C)(C)C. The number of hydrogen-bond acceptors (Lipinski definition) is 4. The Morgan fingerprint density at radius 3 is 2.21 bits per heavy atom. The van der Waals surface area contributed by atoms with Crippen LogP contribution in [0, 0.1) is 6.92 Å². The van der Waals surface area contributed by atoms with Gasteiger partial charge in [0.05, 0.1) is 0 Å². The summed E-state index contributed by atoms with van der Waals surface area (Å²) in [4.78, 5) is 22.6. The van der Waals surface area contributed by atoms with E-state index in [1.165, 1.54) is 0 Å². The average Bonchev–Trinajstić information content (AvgIpc) is 2.27. The van der Waals surface area contributed by atoms with Crippen LogP contribution in [-0.4, -0.2) is 20.5 Å². The molecule has 0 atom stereocenters. The van der Waals surface area contributed by atoms with Crippen LogP contribution in [0.3, 0.4) is 0 Å². The van der Waals surface area contributed by atoms with Crippen LogP contribution >= 0.6 is 0 Å². The number of azo groups is 1. The average molecular weight is 280 g/mol. The van der Waals surface area contributed by atoms with E-state index >= 15 is 0 Å². The van der Waals surface area contributed by atoms with E-state index in [-0.39, 0.29) is 0 Å². The summed E-state index contributed by atoms with van der Waals surface area (Å²) in [5.74, 6) is 0.380. The summed E-state index contributed by atoms with van der Waals surface area (Å²) in [6.45, 7) is 7.27. The van der Waals surface area contributed by atoms with Crippen molar-refractivity contribution in [3.05, 3.63) is 29.8 Å². The first-order chi connectivity index (χ1) is 8.78. The standard InChI is InChI=1S/C12H16N2O4Si/c1-9-7-5-6-8-10(9)17-11(15)13-14-12(16)18-19(2,3)4/h5-8H,1-4H3. The van der Waals surface area contributed by atoms with Crippen molar-refractivity contribution in [2.45, 2.75) is 26.6 Å². The monoisotopic (exact) mass is 280 g/mol. The minimum absolute atomic E-state index is 0.380. The molecule has 1 rings (SSSR count). The number of amides is 2. The molecule has 1 aromatic carbocycles.